The molecule has 446 valence electrons. The lowest BCUT2D eigenvalue weighted by atomic mass is 9.47. The number of hydrogen-bond acceptors (Lipinski definition) is 12. The molecular formula is C68H102O4S8. The van der Waals surface area contributed by atoms with Gasteiger partial charge in [0.15, 0.2) is 0 Å². The average molecular weight is 1240 g/mol. The molecule has 11 aliphatic rings. The Morgan fingerprint density at radius 2 is 0.950 bits per heavy atom. The van der Waals surface area contributed by atoms with E-state index in [1.54, 1.807) is 11.1 Å². The lowest BCUT2D eigenvalue weighted by molar-refractivity contribution is -0.152. The number of carbonyl (C=O) groups is 2. The van der Waals surface area contributed by atoms with Gasteiger partial charge in [-0.3, -0.25) is 9.59 Å². The van der Waals surface area contributed by atoms with Crippen LogP contribution in [0.3, 0.4) is 0 Å². The van der Waals surface area contributed by atoms with Crippen LogP contribution < -0.4 is 0 Å². The van der Waals surface area contributed by atoms with Gasteiger partial charge in [-0.05, 0) is 183 Å². The van der Waals surface area contributed by atoms with E-state index in [0.29, 0.717) is 35.2 Å². The van der Waals surface area contributed by atoms with Crippen molar-refractivity contribution in [2.24, 2.45) is 92.7 Å². The standard InChI is InChI=1S/C68H102O4S8/c1-41(2)13-11-15-43(5)51-21-23-53-49-19-17-45-39-47(25-31-65(45,7)55(49)27-33-67(51,53)9)71-57(69)29-35-73-59-60(78-63(77-59)64-79-61-62(80-64)76-38-37-75-61)74-36-30-58(70)72-48-26-32-66(8)46(40-48)18-20-50-54-24-22-52(44(6)16-12-14-42(3)4)68(54,10)34-28-56(50)66/h17-18,41-44,47-56H,11-16,19-40H2,1-10H3/t43-,44-,47?,48?,49+,50+,51-,52-,53+,54+,55+,56+,65+,66+,67-,68-/m1/s1. The summed E-state index contributed by atoms with van der Waals surface area (Å²) >= 11 is 15.3. The summed E-state index contributed by atoms with van der Waals surface area (Å²) in [4.78, 5) is 27.4. The van der Waals surface area contributed by atoms with E-state index >= 15 is 0 Å². The van der Waals surface area contributed by atoms with E-state index in [0.717, 1.165) is 110 Å². The quantitative estimate of drug-likeness (QED) is 0.0862. The highest BCUT2D eigenvalue weighted by atomic mass is 32.3. The van der Waals surface area contributed by atoms with Gasteiger partial charge in [0.25, 0.3) is 0 Å². The number of allylic oxidation sites excluding steroid dienone is 2. The van der Waals surface area contributed by atoms with Crippen LogP contribution in [0, 0.1) is 92.7 Å². The molecule has 8 aliphatic carbocycles. The van der Waals surface area contributed by atoms with Crippen LogP contribution in [0.2, 0.25) is 0 Å². The van der Waals surface area contributed by atoms with Gasteiger partial charge in [-0.25, -0.2) is 0 Å². The Hall–Kier alpha value is 0.440. The molecule has 0 aromatic heterocycles. The van der Waals surface area contributed by atoms with Crippen LogP contribution in [0.15, 0.2) is 48.7 Å². The highest BCUT2D eigenvalue weighted by Gasteiger charge is 2.61. The fourth-order valence-corrected chi connectivity index (χ4v) is 31.9. The number of fused-ring (bicyclic) bond motifs is 10. The third-order valence-corrected chi connectivity index (χ3v) is 35.8. The molecule has 6 fully saturated rings. The molecule has 12 heteroatoms. The Bertz CT molecular complexity index is 2280. The van der Waals surface area contributed by atoms with Crippen LogP contribution in [0.25, 0.3) is 0 Å². The van der Waals surface area contributed by atoms with E-state index in [1.807, 2.05) is 94.1 Å². The van der Waals surface area contributed by atoms with Crippen molar-refractivity contribution >= 4 is 106 Å². The predicted molar refractivity (Wildman–Crippen MR) is 356 cm³/mol. The van der Waals surface area contributed by atoms with E-state index in [1.165, 1.54) is 140 Å². The highest BCUT2D eigenvalue weighted by molar-refractivity contribution is 8.45. The topological polar surface area (TPSA) is 52.6 Å². The summed E-state index contributed by atoms with van der Waals surface area (Å²) in [6, 6.07) is 0. The molecule has 80 heavy (non-hydrogen) atoms. The van der Waals surface area contributed by atoms with Crippen LogP contribution in [0.4, 0.5) is 0 Å². The van der Waals surface area contributed by atoms with Gasteiger partial charge in [0.2, 0.25) is 0 Å². The zero-order valence-corrected chi connectivity index (χ0v) is 57.5. The monoisotopic (exact) mass is 1240 g/mol. The molecule has 2 unspecified atom stereocenters. The summed E-state index contributed by atoms with van der Waals surface area (Å²) in [5, 5.41) is 0. The minimum atomic E-state index is -0.0404. The molecule has 0 aromatic carbocycles. The molecule has 4 nitrogen and oxygen atoms in total. The molecule has 3 aliphatic heterocycles. The Balaban J connectivity index is 0.657. The Kier molecular flexibility index (Phi) is 20.4. The van der Waals surface area contributed by atoms with Gasteiger partial charge in [0.05, 0.1) is 38.3 Å². The molecule has 6 saturated carbocycles. The second kappa shape index (κ2) is 26.3. The van der Waals surface area contributed by atoms with Crippen molar-refractivity contribution in [3.63, 3.8) is 0 Å². The first kappa shape index (κ1) is 62.1. The zero-order chi connectivity index (χ0) is 56.1. The first-order valence-corrected chi connectivity index (χ1v) is 39.8. The van der Waals surface area contributed by atoms with E-state index in [-0.39, 0.29) is 35.0 Å². The van der Waals surface area contributed by atoms with Gasteiger partial charge < -0.3 is 9.47 Å². The Morgan fingerprint density at radius 3 is 1.38 bits per heavy atom. The van der Waals surface area contributed by atoms with Gasteiger partial charge >= 0.3 is 11.9 Å². The number of carbonyl (C=O) groups excluding carboxylic acids is 2. The molecule has 0 radical (unpaired) electrons. The smallest absolute Gasteiger partial charge is 0.306 e. The lowest BCUT2D eigenvalue weighted by Crippen LogP contribution is -2.51. The second-order valence-corrected chi connectivity index (χ2v) is 39.4. The summed E-state index contributed by atoms with van der Waals surface area (Å²) in [6.45, 7) is 25.3. The molecule has 16 atom stereocenters. The normalized spacial score (nSPS) is 39.2. The summed E-state index contributed by atoms with van der Waals surface area (Å²) in [6.07, 6.45) is 34.4. The molecular weight excluding hydrogens is 1140 g/mol. The minimum absolute atomic E-state index is 0.0000820. The third kappa shape index (κ3) is 12.8. The van der Waals surface area contributed by atoms with Crippen molar-refractivity contribution in [1.29, 1.82) is 0 Å². The van der Waals surface area contributed by atoms with Gasteiger partial charge in [-0.1, -0.05) is 178 Å². The number of ether oxygens (including phenoxy) is 2. The summed E-state index contributed by atoms with van der Waals surface area (Å²) < 4.78 is 21.0. The highest BCUT2D eigenvalue weighted by Crippen LogP contribution is 2.71. The largest absolute Gasteiger partial charge is 0.462 e. The molecule has 0 saturated heterocycles. The van der Waals surface area contributed by atoms with Gasteiger partial charge in [0, 0.05) is 35.9 Å². The van der Waals surface area contributed by atoms with E-state index in [9.17, 15) is 9.59 Å². The van der Waals surface area contributed by atoms with E-state index in [2.05, 4.69) is 81.4 Å². The average Bonchev–Trinajstić information content (AvgIpc) is 2.75. The Morgan fingerprint density at radius 1 is 0.525 bits per heavy atom. The molecule has 0 aromatic rings. The summed E-state index contributed by atoms with van der Waals surface area (Å²) in [5.41, 5.74) is 4.73. The number of esters is 2. The molecule has 0 bridgehead atoms. The first-order chi connectivity index (χ1) is 38.4. The van der Waals surface area contributed by atoms with Gasteiger partial charge in [-0.15, -0.1) is 47.0 Å². The van der Waals surface area contributed by atoms with Crippen molar-refractivity contribution in [2.45, 2.75) is 236 Å². The minimum Gasteiger partial charge on any atom is -0.462 e. The fraction of sp³-hybridized carbons (Fsp3) is 0.824. The van der Waals surface area contributed by atoms with Crippen molar-refractivity contribution in [1.82, 2.24) is 0 Å². The SMILES string of the molecule is CC(C)CCC[C@@H](C)[C@H]1CC[C@H]2[C@@H]3CC=C4CC(OC(=O)CCSC5=C(SCCC(=O)OC6CC[C@@]7(C)C(=CC[C@H]8[C@@H]9CC[C@H]([C@H](C)CCCC(C)C)[C@@]9(C)CC[C@@H]87)C6)SC(=C6SC7=C(SCCS7)S6)S5)CC[C@]4(C)[C@H]3CC[C@]12C. The molecule has 3 heterocycles. The van der Waals surface area contributed by atoms with Crippen LogP contribution in [0.5, 0.6) is 0 Å². The van der Waals surface area contributed by atoms with Gasteiger partial charge in [-0.2, -0.15) is 0 Å². The van der Waals surface area contributed by atoms with Crippen molar-refractivity contribution in [3.05, 3.63) is 48.7 Å². The van der Waals surface area contributed by atoms with Crippen molar-refractivity contribution in [3.8, 4) is 0 Å². The number of hydrogen-bond donors (Lipinski definition) is 0. The maximum atomic E-state index is 13.7. The van der Waals surface area contributed by atoms with Crippen LogP contribution in [0.1, 0.15) is 223 Å². The zero-order valence-electron chi connectivity index (χ0n) is 50.9. The molecule has 11 rings (SSSR count). The van der Waals surface area contributed by atoms with Crippen LogP contribution in [-0.2, 0) is 19.1 Å². The van der Waals surface area contributed by atoms with Gasteiger partial charge in [0.1, 0.15) is 12.2 Å². The van der Waals surface area contributed by atoms with E-state index < -0.39 is 0 Å². The molecule has 0 amide bonds. The maximum absolute atomic E-state index is 13.7. The van der Waals surface area contributed by atoms with Crippen molar-refractivity contribution in [2.75, 3.05) is 23.0 Å². The summed E-state index contributed by atoms with van der Waals surface area (Å²) in [7, 11) is 0. The van der Waals surface area contributed by atoms with Crippen LogP contribution >= 0.6 is 94.1 Å². The van der Waals surface area contributed by atoms with Crippen molar-refractivity contribution < 1.29 is 19.1 Å². The second-order valence-electron chi connectivity index (χ2n) is 29.3. The van der Waals surface area contributed by atoms with E-state index in [4.69, 9.17) is 9.47 Å². The maximum Gasteiger partial charge on any atom is 0.306 e. The first-order valence-electron chi connectivity index (χ1n) is 32.6. The lowest BCUT2D eigenvalue weighted by Gasteiger charge is -2.58. The third-order valence-electron chi connectivity index (χ3n) is 24.0. The fourth-order valence-electron chi connectivity index (χ4n) is 19.8. The number of thioether (sulfide) groups is 8. The van der Waals surface area contributed by atoms with Crippen LogP contribution in [-0.4, -0.2) is 47.2 Å². The predicted octanol–water partition coefficient (Wildman–Crippen LogP) is 22.0. The number of rotatable bonds is 20. The molecule has 0 N–H and O–H groups in total. The summed E-state index contributed by atoms with van der Waals surface area (Å²) in [5.74, 6) is 13.7. The molecule has 0 spiro atoms. The Labute approximate surface area is 520 Å².